The molecular formula is C16H22N2O2. The number of nitrogens with one attached hydrogen (secondary N) is 1. The van der Waals surface area contributed by atoms with Gasteiger partial charge in [0.05, 0.1) is 5.69 Å². The van der Waals surface area contributed by atoms with Crippen LogP contribution in [0.1, 0.15) is 42.5 Å². The Morgan fingerprint density at radius 2 is 2.10 bits per heavy atom. The predicted octanol–water partition coefficient (Wildman–Crippen LogP) is 3.54. The molecule has 1 aromatic heterocycles. The van der Waals surface area contributed by atoms with E-state index in [9.17, 15) is 0 Å². The van der Waals surface area contributed by atoms with Crippen molar-refractivity contribution in [3.63, 3.8) is 0 Å². The molecule has 1 aromatic carbocycles. The molecule has 0 bridgehead atoms. The number of ether oxygens (including phenoxy) is 1. The average molecular weight is 274 g/mol. The van der Waals surface area contributed by atoms with Crippen LogP contribution in [-0.4, -0.2) is 11.7 Å². The fraction of sp³-hybridized carbons (Fsp3) is 0.438. The zero-order valence-corrected chi connectivity index (χ0v) is 12.6. The highest BCUT2D eigenvalue weighted by molar-refractivity contribution is 5.37. The van der Waals surface area contributed by atoms with Gasteiger partial charge in [0.15, 0.2) is 5.76 Å². The highest BCUT2D eigenvalue weighted by Crippen LogP contribution is 2.23. The Morgan fingerprint density at radius 1 is 1.30 bits per heavy atom. The second-order valence-corrected chi connectivity index (χ2v) is 5.03. The summed E-state index contributed by atoms with van der Waals surface area (Å²) < 4.78 is 10.9. The zero-order chi connectivity index (χ0) is 14.5. The van der Waals surface area contributed by atoms with Crippen LogP contribution in [0.5, 0.6) is 5.75 Å². The van der Waals surface area contributed by atoms with E-state index in [0.717, 1.165) is 29.3 Å². The van der Waals surface area contributed by atoms with Crippen molar-refractivity contribution in [2.24, 2.45) is 0 Å². The number of aromatic nitrogens is 1. The molecule has 0 amide bonds. The van der Waals surface area contributed by atoms with Crippen LogP contribution >= 0.6 is 0 Å². The molecule has 0 aliphatic heterocycles. The van der Waals surface area contributed by atoms with Gasteiger partial charge in [-0.2, -0.15) is 0 Å². The minimum absolute atomic E-state index is 0.352. The first-order valence-electron chi connectivity index (χ1n) is 6.99. The summed E-state index contributed by atoms with van der Waals surface area (Å²) in [6.45, 7) is 9.60. The summed E-state index contributed by atoms with van der Waals surface area (Å²) in [4.78, 5) is 0. The third kappa shape index (κ3) is 3.61. The van der Waals surface area contributed by atoms with Gasteiger partial charge in [0.1, 0.15) is 12.4 Å². The first-order valence-corrected chi connectivity index (χ1v) is 6.99. The minimum Gasteiger partial charge on any atom is -0.485 e. The Hall–Kier alpha value is -1.81. The van der Waals surface area contributed by atoms with Crippen molar-refractivity contribution >= 4 is 0 Å². The van der Waals surface area contributed by atoms with Gasteiger partial charge >= 0.3 is 0 Å². The van der Waals surface area contributed by atoms with Crippen LogP contribution in [0.15, 0.2) is 28.8 Å². The molecule has 1 N–H and O–H groups in total. The smallest absolute Gasteiger partial charge is 0.174 e. The molecule has 0 aliphatic rings. The van der Waals surface area contributed by atoms with Gasteiger partial charge in [0.2, 0.25) is 0 Å². The summed E-state index contributed by atoms with van der Waals surface area (Å²) in [5.41, 5.74) is 3.27. The molecule has 0 saturated heterocycles. The van der Waals surface area contributed by atoms with Gasteiger partial charge in [0, 0.05) is 12.1 Å². The maximum absolute atomic E-state index is 5.78. The summed E-state index contributed by atoms with van der Waals surface area (Å²) in [7, 11) is 0. The van der Waals surface area contributed by atoms with E-state index in [4.69, 9.17) is 9.26 Å². The lowest BCUT2D eigenvalue weighted by atomic mass is 10.1. The number of benzene rings is 1. The van der Waals surface area contributed by atoms with E-state index in [1.54, 1.807) is 0 Å². The Morgan fingerprint density at radius 3 is 2.70 bits per heavy atom. The Balaban J connectivity index is 2.02. The first kappa shape index (κ1) is 14.6. The fourth-order valence-electron chi connectivity index (χ4n) is 2.16. The van der Waals surface area contributed by atoms with Gasteiger partial charge in [-0.25, -0.2) is 0 Å². The van der Waals surface area contributed by atoms with Gasteiger partial charge in [-0.05, 0) is 44.5 Å². The fourth-order valence-corrected chi connectivity index (χ4v) is 2.16. The van der Waals surface area contributed by atoms with E-state index >= 15 is 0 Å². The second kappa shape index (κ2) is 6.57. The van der Waals surface area contributed by atoms with Crippen LogP contribution in [-0.2, 0) is 6.61 Å². The van der Waals surface area contributed by atoms with E-state index < -0.39 is 0 Å². The Kier molecular flexibility index (Phi) is 4.79. The molecule has 0 spiro atoms. The van der Waals surface area contributed by atoms with Crippen LogP contribution in [0.3, 0.4) is 0 Å². The molecule has 1 atom stereocenters. The van der Waals surface area contributed by atoms with Gasteiger partial charge in [-0.15, -0.1) is 0 Å². The molecule has 108 valence electrons. The quantitative estimate of drug-likeness (QED) is 0.875. The zero-order valence-electron chi connectivity index (χ0n) is 12.6. The van der Waals surface area contributed by atoms with E-state index in [2.05, 4.69) is 43.4 Å². The molecule has 2 aromatic rings. The predicted molar refractivity (Wildman–Crippen MR) is 78.8 cm³/mol. The van der Waals surface area contributed by atoms with Crippen molar-refractivity contribution in [1.82, 2.24) is 10.5 Å². The summed E-state index contributed by atoms with van der Waals surface area (Å²) >= 11 is 0. The van der Waals surface area contributed by atoms with Crippen LogP contribution in [0.4, 0.5) is 0 Å². The summed E-state index contributed by atoms with van der Waals surface area (Å²) in [6, 6.07) is 8.51. The molecule has 0 aliphatic carbocycles. The maximum atomic E-state index is 5.78. The monoisotopic (exact) mass is 274 g/mol. The lowest BCUT2D eigenvalue weighted by Gasteiger charge is -2.15. The summed E-state index contributed by atoms with van der Waals surface area (Å²) in [5.74, 6) is 1.62. The van der Waals surface area contributed by atoms with Crippen LogP contribution in [0.25, 0.3) is 0 Å². The SMILES string of the molecule is CCNC(C)c1ccc(OCc2cc(C)no2)c(C)c1. The number of hydrogen-bond acceptors (Lipinski definition) is 4. The van der Waals surface area contributed by atoms with Crippen LogP contribution in [0.2, 0.25) is 0 Å². The Bertz CT molecular complexity index is 563. The summed E-state index contributed by atoms with van der Waals surface area (Å²) in [6.07, 6.45) is 0. The standard InChI is InChI=1S/C16H22N2O2/c1-5-17-13(4)14-6-7-16(11(2)8-14)19-10-15-9-12(3)18-20-15/h6-9,13,17H,5,10H2,1-4H3. The van der Waals surface area contributed by atoms with E-state index in [0.29, 0.717) is 12.6 Å². The van der Waals surface area contributed by atoms with Crippen LogP contribution in [0, 0.1) is 13.8 Å². The van der Waals surface area contributed by atoms with Crippen molar-refractivity contribution in [3.05, 3.63) is 46.8 Å². The molecule has 0 saturated carbocycles. The number of hydrogen-bond donors (Lipinski definition) is 1. The molecule has 20 heavy (non-hydrogen) atoms. The molecule has 2 rings (SSSR count). The maximum Gasteiger partial charge on any atom is 0.174 e. The minimum atomic E-state index is 0.352. The molecule has 1 heterocycles. The van der Waals surface area contributed by atoms with E-state index in [-0.39, 0.29) is 0 Å². The number of nitrogens with zero attached hydrogens (tertiary/aromatic N) is 1. The lowest BCUT2D eigenvalue weighted by molar-refractivity contribution is 0.247. The largest absolute Gasteiger partial charge is 0.485 e. The molecule has 4 nitrogen and oxygen atoms in total. The van der Waals surface area contributed by atoms with Gasteiger partial charge in [-0.3, -0.25) is 0 Å². The van der Waals surface area contributed by atoms with Crippen molar-refractivity contribution in [2.45, 2.75) is 40.3 Å². The molecule has 1 unspecified atom stereocenters. The third-order valence-electron chi connectivity index (χ3n) is 3.26. The Labute approximate surface area is 120 Å². The van der Waals surface area contributed by atoms with Gasteiger partial charge in [0.25, 0.3) is 0 Å². The van der Waals surface area contributed by atoms with E-state index in [1.807, 2.05) is 19.1 Å². The average Bonchev–Trinajstić information content (AvgIpc) is 2.83. The molecular weight excluding hydrogens is 252 g/mol. The normalized spacial score (nSPS) is 12.4. The van der Waals surface area contributed by atoms with Crippen LogP contribution < -0.4 is 10.1 Å². The van der Waals surface area contributed by atoms with Crippen molar-refractivity contribution in [2.75, 3.05) is 6.54 Å². The van der Waals surface area contributed by atoms with Crippen molar-refractivity contribution in [1.29, 1.82) is 0 Å². The van der Waals surface area contributed by atoms with Crippen molar-refractivity contribution in [3.8, 4) is 5.75 Å². The number of aryl methyl sites for hydroxylation is 2. The highest BCUT2D eigenvalue weighted by atomic mass is 16.5. The molecule has 0 radical (unpaired) electrons. The van der Waals surface area contributed by atoms with Gasteiger partial charge < -0.3 is 14.6 Å². The lowest BCUT2D eigenvalue weighted by Crippen LogP contribution is -2.17. The molecule has 4 heteroatoms. The van der Waals surface area contributed by atoms with Crippen molar-refractivity contribution < 1.29 is 9.26 Å². The third-order valence-corrected chi connectivity index (χ3v) is 3.26. The van der Waals surface area contributed by atoms with E-state index in [1.165, 1.54) is 5.56 Å². The molecule has 0 fully saturated rings. The van der Waals surface area contributed by atoms with Gasteiger partial charge in [-0.1, -0.05) is 24.2 Å². The highest BCUT2D eigenvalue weighted by Gasteiger charge is 2.08. The topological polar surface area (TPSA) is 47.3 Å². The summed E-state index contributed by atoms with van der Waals surface area (Å²) in [5, 5.41) is 7.25. The second-order valence-electron chi connectivity index (χ2n) is 5.03. The first-order chi connectivity index (χ1) is 9.60. The number of rotatable bonds is 6.